The largest absolute Gasteiger partial charge is 0.416 e. The van der Waals surface area contributed by atoms with Gasteiger partial charge < -0.3 is 13.6 Å². The fourth-order valence-corrected chi connectivity index (χ4v) is 7.88. The van der Waals surface area contributed by atoms with Gasteiger partial charge in [0.2, 0.25) is 11.8 Å². The summed E-state index contributed by atoms with van der Waals surface area (Å²) in [6.07, 6.45) is 0. The van der Waals surface area contributed by atoms with E-state index in [2.05, 4.69) is 198 Å². The molecule has 5 nitrogen and oxygen atoms in total. The zero-order valence-electron chi connectivity index (χ0n) is 29.8. The van der Waals surface area contributed by atoms with E-state index in [0.29, 0.717) is 11.8 Å². The Morgan fingerprint density at radius 3 is 1.51 bits per heavy atom. The molecule has 0 saturated heterocycles. The fourth-order valence-electron chi connectivity index (χ4n) is 7.88. The lowest BCUT2D eigenvalue weighted by atomic mass is 9.86. The minimum atomic E-state index is 0.0876. The maximum Gasteiger partial charge on any atom is 0.248 e. The van der Waals surface area contributed by atoms with Crippen LogP contribution in [0.5, 0.6) is 0 Å². The molecule has 10 aromatic rings. The summed E-state index contributed by atoms with van der Waals surface area (Å²) in [5.74, 6) is 0.991. The molecule has 0 bridgehead atoms. The lowest BCUT2D eigenvalue weighted by molar-refractivity contribution is 0.585. The standard InChI is InChI=1S/C48H36N4O/c1-48(2,3)33-26-23-31(24-27-33)36-15-4-5-19-40(36)47-50-49-46(53-47)32-25-28-45-41(29-32)39-18-8-11-22-44(39)52(45)35-14-12-13-34(30-35)51-42-20-9-6-16-37(42)38-17-7-10-21-43(38)51/h4-30H,1-3H3. The van der Waals surface area contributed by atoms with Gasteiger partial charge in [-0.2, -0.15) is 0 Å². The zero-order chi connectivity index (χ0) is 35.7. The molecule has 53 heavy (non-hydrogen) atoms. The SMILES string of the molecule is CC(C)(C)c1ccc(-c2ccccc2-c2nnc(-c3ccc4c(c3)c3ccccc3n4-c3cccc(-n4c5ccccc5c5ccccc54)c3)o2)cc1. The van der Waals surface area contributed by atoms with Crippen molar-refractivity contribution in [2.45, 2.75) is 26.2 Å². The molecule has 0 N–H and O–H groups in total. The van der Waals surface area contributed by atoms with E-state index in [0.717, 1.165) is 55.4 Å². The Balaban J connectivity index is 1.06. The Morgan fingerprint density at radius 2 is 0.906 bits per heavy atom. The number of benzene rings is 7. The molecule has 0 aliphatic heterocycles. The third-order valence-electron chi connectivity index (χ3n) is 10.5. The molecule has 0 aliphatic rings. The summed E-state index contributed by atoms with van der Waals surface area (Å²) in [6.45, 7) is 6.70. The smallest absolute Gasteiger partial charge is 0.248 e. The molecule has 0 atom stereocenters. The highest BCUT2D eigenvalue weighted by Crippen LogP contribution is 2.38. The number of aromatic nitrogens is 4. The van der Waals surface area contributed by atoms with E-state index < -0.39 is 0 Å². The number of rotatable bonds is 5. The van der Waals surface area contributed by atoms with Crippen LogP contribution in [-0.4, -0.2) is 19.3 Å². The van der Waals surface area contributed by atoms with Crippen LogP contribution in [0.3, 0.4) is 0 Å². The van der Waals surface area contributed by atoms with Crippen LogP contribution in [0.2, 0.25) is 0 Å². The second-order valence-electron chi connectivity index (χ2n) is 14.8. The predicted molar refractivity (Wildman–Crippen MR) is 218 cm³/mol. The highest BCUT2D eigenvalue weighted by atomic mass is 16.4. The summed E-state index contributed by atoms with van der Waals surface area (Å²) in [7, 11) is 0. The molecule has 10 rings (SSSR count). The average Bonchev–Trinajstić information content (AvgIpc) is 3.91. The van der Waals surface area contributed by atoms with E-state index >= 15 is 0 Å². The van der Waals surface area contributed by atoms with E-state index in [9.17, 15) is 0 Å². The average molecular weight is 685 g/mol. The van der Waals surface area contributed by atoms with E-state index in [-0.39, 0.29) is 5.41 Å². The van der Waals surface area contributed by atoms with Crippen molar-refractivity contribution in [2.75, 3.05) is 0 Å². The van der Waals surface area contributed by atoms with E-state index in [1.807, 2.05) is 6.07 Å². The number of fused-ring (bicyclic) bond motifs is 6. The molecule has 0 unspecified atom stereocenters. The fraction of sp³-hybridized carbons (Fsp3) is 0.0833. The predicted octanol–water partition coefficient (Wildman–Crippen LogP) is 12.6. The van der Waals surface area contributed by atoms with Crippen LogP contribution in [0.25, 0.3) is 89.0 Å². The minimum absolute atomic E-state index is 0.0876. The zero-order valence-corrected chi connectivity index (χ0v) is 29.8. The molecule has 0 spiro atoms. The number of hydrogen-bond donors (Lipinski definition) is 0. The summed E-state index contributed by atoms with van der Waals surface area (Å²) in [5, 5.41) is 13.9. The molecule has 7 aromatic carbocycles. The molecular weight excluding hydrogens is 649 g/mol. The van der Waals surface area contributed by atoms with Crippen LogP contribution in [0.15, 0.2) is 168 Å². The lowest BCUT2D eigenvalue weighted by Crippen LogP contribution is -2.10. The van der Waals surface area contributed by atoms with Crippen molar-refractivity contribution < 1.29 is 4.42 Å². The summed E-state index contributed by atoms with van der Waals surface area (Å²) in [6, 6.07) is 58.1. The van der Waals surface area contributed by atoms with Crippen molar-refractivity contribution in [2.24, 2.45) is 0 Å². The monoisotopic (exact) mass is 684 g/mol. The van der Waals surface area contributed by atoms with Crippen molar-refractivity contribution in [1.29, 1.82) is 0 Å². The van der Waals surface area contributed by atoms with Crippen molar-refractivity contribution in [1.82, 2.24) is 19.3 Å². The van der Waals surface area contributed by atoms with Gasteiger partial charge in [-0.3, -0.25) is 0 Å². The molecule has 0 saturated carbocycles. The van der Waals surface area contributed by atoms with Crippen molar-refractivity contribution >= 4 is 43.6 Å². The van der Waals surface area contributed by atoms with Crippen molar-refractivity contribution in [3.8, 4) is 45.4 Å². The van der Waals surface area contributed by atoms with Crippen LogP contribution in [-0.2, 0) is 5.41 Å². The van der Waals surface area contributed by atoms with Gasteiger partial charge in [-0.05, 0) is 82.8 Å². The van der Waals surface area contributed by atoms with Gasteiger partial charge in [0.1, 0.15) is 0 Å². The Kier molecular flexibility index (Phi) is 6.99. The molecule has 0 radical (unpaired) electrons. The maximum atomic E-state index is 6.44. The molecule has 3 heterocycles. The first kappa shape index (κ1) is 31.1. The van der Waals surface area contributed by atoms with Crippen LogP contribution >= 0.6 is 0 Å². The number of hydrogen-bond acceptors (Lipinski definition) is 3. The second-order valence-corrected chi connectivity index (χ2v) is 14.8. The number of para-hydroxylation sites is 3. The van der Waals surface area contributed by atoms with Gasteiger partial charge >= 0.3 is 0 Å². The van der Waals surface area contributed by atoms with Gasteiger partial charge in [0.05, 0.1) is 22.1 Å². The van der Waals surface area contributed by atoms with Gasteiger partial charge in [0.15, 0.2) is 0 Å². The first-order chi connectivity index (χ1) is 25.9. The minimum Gasteiger partial charge on any atom is -0.416 e. The Bertz CT molecular complexity index is 2940. The first-order valence-electron chi connectivity index (χ1n) is 18.1. The summed E-state index contributed by atoms with van der Waals surface area (Å²) < 4.78 is 11.2. The van der Waals surface area contributed by atoms with Crippen LogP contribution in [0.4, 0.5) is 0 Å². The van der Waals surface area contributed by atoms with Gasteiger partial charge in [-0.1, -0.05) is 124 Å². The maximum absolute atomic E-state index is 6.44. The van der Waals surface area contributed by atoms with Crippen LogP contribution in [0.1, 0.15) is 26.3 Å². The normalized spacial score (nSPS) is 12.1. The van der Waals surface area contributed by atoms with Gasteiger partial charge in [0, 0.05) is 44.0 Å². The third kappa shape index (κ3) is 5.07. The summed E-state index contributed by atoms with van der Waals surface area (Å²) in [4.78, 5) is 0. The quantitative estimate of drug-likeness (QED) is 0.181. The highest BCUT2D eigenvalue weighted by molar-refractivity contribution is 6.11. The molecule has 254 valence electrons. The second kappa shape index (κ2) is 11.9. The third-order valence-corrected chi connectivity index (χ3v) is 10.5. The Labute approximate surface area is 307 Å². The summed E-state index contributed by atoms with van der Waals surface area (Å²) in [5.41, 5.74) is 12.2. The van der Waals surface area contributed by atoms with Gasteiger partial charge in [-0.15, -0.1) is 10.2 Å². The van der Waals surface area contributed by atoms with E-state index in [1.54, 1.807) is 0 Å². The molecule has 0 aliphatic carbocycles. The molecule has 0 fully saturated rings. The van der Waals surface area contributed by atoms with Crippen LogP contribution < -0.4 is 0 Å². The molecule has 3 aromatic heterocycles. The van der Waals surface area contributed by atoms with Crippen molar-refractivity contribution in [3.63, 3.8) is 0 Å². The topological polar surface area (TPSA) is 48.8 Å². The Morgan fingerprint density at radius 1 is 0.415 bits per heavy atom. The Hall–Kier alpha value is -6.72. The number of nitrogens with zero attached hydrogens (tertiary/aromatic N) is 4. The van der Waals surface area contributed by atoms with Crippen molar-refractivity contribution in [3.05, 3.63) is 169 Å². The van der Waals surface area contributed by atoms with Crippen LogP contribution in [0, 0.1) is 0 Å². The summed E-state index contributed by atoms with van der Waals surface area (Å²) >= 11 is 0. The van der Waals surface area contributed by atoms with E-state index in [1.165, 1.54) is 27.4 Å². The first-order valence-corrected chi connectivity index (χ1v) is 18.1. The molecule has 5 heteroatoms. The lowest BCUT2D eigenvalue weighted by Gasteiger charge is -2.19. The van der Waals surface area contributed by atoms with Gasteiger partial charge in [0.25, 0.3) is 0 Å². The van der Waals surface area contributed by atoms with E-state index in [4.69, 9.17) is 4.42 Å². The molecule has 0 amide bonds. The molecular formula is C48H36N4O. The van der Waals surface area contributed by atoms with Gasteiger partial charge in [-0.25, -0.2) is 0 Å². The highest BCUT2D eigenvalue weighted by Gasteiger charge is 2.20.